The average molecular weight is 266 g/mol. The molecule has 0 bridgehead atoms. The summed E-state index contributed by atoms with van der Waals surface area (Å²) in [5, 5.41) is 2.90. The second-order valence-corrected chi connectivity index (χ2v) is 4.63. The third-order valence-corrected chi connectivity index (χ3v) is 3.69. The molecule has 0 radical (unpaired) electrons. The highest BCUT2D eigenvalue weighted by molar-refractivity contribution is 7.17. The molecule has 0 N–H and O–H groups in total. The Morgan fingerprint density at radius 3 is 2.61 bits per heavy atom. The average Bonchev–Trinajstić information content (AvgIpc) is 2.80. The van der Waals surface area contributed by atoms with Crippen LogP contribution in [0.25, 0.3) is 10.1 Å². The summed E-state index contributed by atoms with van der Waals surface area (Å²) in [5.41, 5.74) is 0.918. The normalized spacial score (nSPS) is 10.4. The summed E-state index contributed by atoms with van der Waals surface area (Å²) in [5.74, 6) is 1.20. The van der Waals surface area contributed by atoms with E-state index in [4.69, 9.17) is 14.2 Å². The summed E-state index contributed by atoms with van der Waals surface area (Å²) < 4.78 is 16.3. The maximum Gasteiger partial charge on any atom is 0.310 e. The molecule has 18 heavy (non-hydrogen) atoms. The van der Waals surface area contributed by atoms with Crippen LogP contribution in [0.2, 0.25) is 0 Å². The van der Waals surface area contributed by atoms with Gasteiger partial charge >= 0.3 is 5.97 Å². The van der Waals surface area contributed by atoms with Crippen LogP contribution in [0.15, 0.2) is 17.5 Å². The van der Waals surface area contributed by atoms with Gasteiger partial charge in [0.2, 0.25) is 0 Å². The Morgan fingerprint density at radius 1 is 1.22 bits per heavy atom. The highest BCUT2D eigenvalue weighted by Crippen LogP contribution is 2.37. The molecule has 0 fully saturated rings. The van der Waals surface area contributed by atoms with Gasteiger partial charge < -0.3 is 14.2 Å². The van der Waals surface area contributed by atoms with Crippen molar-refractivity contribution in [2.24, 2.45) is 0 Å². The van der Waals surface area contributed by atoms with Crippen molar-refractivity contribution < 1.29 is 19.0 Å². The number of carbonyl (C=O) groups excluding carboxylic acids is 1. The Hall–Kier alpha value is -1.75. The van der Waals surface area contributed by atoms with Gasteiger partial charge in [0.05, 0.1) is 27.8 Å². The fourth-order valence-corrected chi connectivity index (χ4v) is 2.81. The zero-order chi connectivity index (χ0) is 13.1. The third-order valence-electron chi connectivity index (χ3n) is 2.71. The molecule has 1 aromatic carbocycles. The Kier molecular flexibility index (Phi) is 3.72. The molecule has 0 spiro atoms. The molecule has 4 nitrogen and oxygen atoms in total. The monoisotopic (exact) mass is 266 g/mol. The van der Waals surface area contributed by atoms with Crippen molar-refractivity contribution in [2.75, 3.05) is 21.3 Å². The first-order valence-electron chi connectivity index (χ1n) is 5.38. The molecule has 0 amide bonds. The lowest BCUT2D eigenvalue weighted by Gasteiger charge is -2.07. The van der Waals surface area contributed by atoms with E-state index in [0.717, 1.165) is 21.4 Å². The number of methoxy groups -OCH3 is 3. The predicted molar refractivity (Wildman–Crippen MR) is 70.6 cm³/mol. The van der Waals surface area contributed by atoms with E-state index in [1.165, 1.54) is 7.11 Å². The zero-order valence-corrected chi connectivity index (χ0v) is 11.3. The smallest absolute Gasteiger partial charge is 0.310 e. The van der Waals surface area contributed by atoms with E-state index in [0.29, 0.717) is 5.75 Å². The van der Waals surface area contributed by atoms with Crippen LogP contribution in [-0.4, -0.2) is 27.3 Å². The molecular weight excluding hydrogens is 252 g/mol. The number of benzene rings is 1. The fraction of sp³-hybridized carbons (Fsp3) is 0.308. The molecular formula is C13H14O4S. The largest absolute Gasteiger partial charge is 0.497 e. The molecule has 5 heteroatoms. The van der Waals surface area contributed by atoms with Gasteiger partial charge in [0.15, 0.2) is 0 Å². The van der Waals surface area contributed by atoms with Crippen molar-refractivity contribution in [3.8, 4) is 11.5 Å². The zero-order valence-electron chi connectivity index (χ0n) is 10.5. The van der Waals surface area contributed by atoms with Crippen molar-refractivity contribution in [3.05, 3.63) is 23.1 Å². The van der Waals surface area contributed by atoms with Crippen LogP contribution >= 0.6 is 11.3 Å². The van der Waals surface area contributed by atoms with E-state index < -0.39 is 0 Å². The first-order chi connectivity index (χ1) is 8.69. The summed E-state index contributed by atoms with van der Waals surface area (Å²) in [6.07, 6.45) is 0.249. The minimum Gasteiger partial charge on any atom is -0.497 e. The minimum atomic E-state index is -0.257. The number of carbonyl (C=O) groups is 1. The van der Waals surface area contributed by atoms with Gasteiger partial charge in [0, 0.05) is 16.2 Å². The Bertz CT molecular complexity index is 574. The summed E-state index contributed by atoms with van der Waals surface area (Å²) in [4.78, 5) is 11.4. The van der Waals surface area contributed by atoms with Crippen molar-refractivity contribution in [3.63, 3.8) is 0 Å². The Labute approximate surface area is 109 Å². The summed E-state index contributed by atoms with van der Waals surface area (Å²) in [6.45, 7) is 0. The van der Waals surface area contributed by atoms with Crippen LogP contribution < -0.4 is 9.47 Å². The van der Waals surface area contributed by atoms with Crippen molar-refractivity contribution in [1.82, 2.24) is 0 Å². The van der Waals surface area contributed by atoms with E-state index in [-0.39, 0.29) is 12.4 Å². The first kappa shape index (κ1) is 12.7. The number of thiophene rings is 1. The molecule has 0 aliphatic rings. The van der Waals surface area contributed by atoms with Crippen molar-refractivity contribution in [2.45, 2.75) is 6.42 Å². The van der Waals surface area contributed by atoms with Gasteiger partial charge in [0.25, 0.3) is 0 Å². The Balaban J connectivity index is 2.53. The second kappa shape index (κ2) is 5.27. The third kappa shape index (κ3) is 2.26. The molecule has 96 valence electrons. The van der Waals surface area contributed by atoms with Gasteiger partial charge in [0.1, 0.15) is 11.5 Å². The molecule has 0 saturated carbocycles. The number of hydrogen-bond donors (Lipinski definition) is 0. The van der Waals surface area contributed by atoms with Gasteiger partial charge in [-0.25, -0.2) is 0 Å². The van der Waals surface area contributed by atoms with Crippen LogP contribution in [0.5, 0.6) is 11.5 Å². The van der Waals surface area contributed by atoms with Gasteiger partial charge in [-0.2, -0.15) is 0 Å². The molecule has 1 aromatic heterocycles. The summed E-state index contributed by atoms with van der Waals surface area (Å²) in [6, 6.07) is 3.75. The van der Waals surface area contributed by atoms with Crippen molar-refractivity contribution in [1.29, 1.82) is 0 Å². The van der Waals surface area contributed by atoms with E-state index in [9.17, 15) is 4.79 Å². The lowest BCUT2D eigenvalue weighted by Crippen LogP contribution is -2.04. The van der Waals surface area contributed by atoms with E-state index >= 15 is 0 Å². The number of ether oxygens (including phenoxy) is 3. The van der Waals surface area contributed by atoms with Crippen LogP contribution in [0, 0.1) is 0 Å². The molecule has 0 unspecified atom stereocenters. The van der Waals surface area contributed by atoms with Gasteiger partial charge in [-0.3, -0.25) is 4.79 Å². The number of esters is 1. The lowest BCUT2D eigenvalue weighted by molar-refractivity contribution is -0.139. The fourth-order valence-electron chi connectivity index (χ4n) is 1.81. The summed E-state index contributed by atoms with van der Waals surface area (Å²) >= 11 is 1.56. The molecule has 1 heterocycles. The molecule has 2 rings (SSSR count). The predicted octanol–water partition coefficient (Wildman–Crippen LogP) is 2.63. The molecule has 0 aliphatic heterocycles. The van der Waals surface area contributed by atoms with Gasteiger partial charge in [-0.15, -0.1) is 11.3 Å². The maximum absolute atomic E-state index is 11.4. The lowest BCUT2D eigenvalue weighted by atomic mass is 10.1. The minimum absolute atomic E-state index is 0.249. The molecule has 0 atom stereocenters. The van der Waals surface area contributed by atoms with Crippen LogP contribution in [0.1, 0.15) is 5.56 Å². The topological polar surface area (TPSA) is 44.8 Å². The van der Waals surface area contributed by atoms with E-state index in [2.05, 4.69) is 0 Å². The van der Waals surface area contributed by atoms with E-state index in [1.54, 1.807) is 25.6 Å². The number of rotatable bonds is 4. The number of fused-ring (bicyclic) bond motifs is 1. The number of hydrogen-bond acceptors (Lipinski definition) is 5. The molecule has 0 aliphatic carbocycles. The molecule has 0 saturated heterocycles. The highest BCUT2D eigenvalue weighted by Gasteiger charge is 2.14. The van der Waals surface area contributed by atoms with Crippen molar-refractivity contribution >= 4 is 27.4 Å². The molecule has 2 aromatic rings. The van der Waals surface area contributed by atoms with Crippen LogP contribution in [0.3, 0.4) is 0 Å². The Morgan fingerprint density at radius 2 is 2.00 bits per heavy atom. The first-order valence-corrected chi connectivity index (χ1v) is 6.26. The quantitative estimate of drug-likeness (QED) is 0.798. The van der Waals surface area contributed by atoms with Gasteiger partial charge in [-0.1, -0.05) is 0 Å². The van der Waals surface area contributed by atoms with Gasteiger partial charge in [-0.05, 0) is 17.0 Å². The van der Waals surface area contributed by atoms with Crippen LogP contribution in [0.4, 0.5) is 0 Å². The SMILES string of the molecule is COC(=O)Cc1csc2cc(OC)cc(OC)c12. The highest BCUT2D eigenvalue weighted by atomic mass is 32.1. The maximum atomic E-state index is 11.4. The summed E-state index contributed by atoms with van der Waals surface area (Å²) in [7, 11) is 4.61. The standard InChI is InChI=1S/C13H14O4S/c1-15-9-5-10(16-2)13-8(4-12(14)17-3)7-18-11(13)6-9/h5-7H,4H2,1-3H3. The second-order valence-electron chi connectivity index (χ2n) is 3.72. The van der Waals surface area contributed by atoms with E-state index in [1.807, 2.05) is 17.5 Å². The van der Waals surface area contributed by atoms with Crippen LogP contribution in [-0.2, 0) is 16.0 Å².